The third kappa shape index (κ3) is 5.25. The van der Waals surface area contributed by atoms with E-state index in [1.54, 1.807) is 24.3 Å². The summed E-state index contributed by atoms with van der Waals surface area (Å²) in [5.41, 5.74) is 3.47. The molecule has 2 aromatic rings. The fraction of sp³-hybridized carbons (Fsp3) is 0.556. The topological polar surface area (TPSA) is 208 Å². The predicted molar refractivity (Wildman–Crippen MR) is 135 cm³/mol. The zero-order valence-corrected chi connectivity index (χ0v) is 21.6. The first-order chi connectivity index (χ1) is 19.2. The predicted octanol–water partition coefficient (Wildman–Crippen LogP) is -2.18. The molecule has 2 saturated heterocycles. The zero-order chi connectivity index (χ0) is 28.7. The van der Waals surface area contributed by atoms with Gasteiger partial charge in [-0.1, -0.05) is 6.07 Å². The lowest BCUT2D eigenvalue weighted by Gasteiger charge is -2.39. The van der Waals surface area contributed by atoms with Gasteiger partial charge in [0.15, 0.2) is 0 Å². The molecule has 0 spiro atoms. The number of ether oxygens (including phenoxy) is 5. The van der Waals surface area contributed by atoms with Crippen molar-refractivity contribution in [3.63, 3.8) is 0 Å². The molecule has 13 nitrogen and oxygen atoms in total. The molecule has 5 rings (SSSR count). The SMILES string of the molecule is COc1cc(OC2OC(CO)C(O)C(O)C2O)cc2c1-c1ccc(OC3OC(CO)C(O)C(O)C3O)cc1CC2. The molecule has 10 unspecified atom stereocenters. The Kier molecular flexibility index (Phi) is 8.50. The standard InChI is InChI=1S/C27H34O13/c1-36-16-8-14(38-27-25(35)23(33)21(31)18(10-29)40-27)7-12-3-2-11-6-13(4-5-15(11)19(12)16)37-26-24(34)22(32)20(30)17(9-28)39-26/h4-8,17-18,20-35H,2-3,9-10H2,1H3. The quantitative estimate of drug-likeness (QED) is 0.180. The van der Waals surface area contributed by atoms with Gasteiger partial charge in [-0.05, 0) is 47.7 Å². The summed E-state index contributed by atoms with van der Waals surface area (Å²) in [5, 5.41) is 79.6. The molecule has 2 heterocycles. The van der Waals surface area contributed by atoms with Crippen molar-refractivity contribution >= 4 is 0 Å². The van der Waals surface area contributed by atoms with Crippen molar-refractivity contribution in [1.29, 1.82) is 0 Å². The molecule has 0 radical (unpaired) electrons. The highest BCUT2D eigenvalue weighted by Crippen LogP contribution is 2.44. The van der Waals surface area contributed by atoms with Gasteiger partial charge in [-0.25, -0.2) is 0 Å². The summed E-state index contributed by atoms with van der Waals surface area (Å²) in [6, 6.07) is 8.62. The molecular formula is C27H34O13. The van der Waals surface area contributed by atoms with E-state index in [4.69, 9.17) is 23.7 Å². The molecule has 10 atom stereocenters. The summed E-state index contributed by atoms with van der Waals surface area (Å²) >= 11 is 0. The molecule has 0 amide bonds. The molecule has 0 saturated carbocycles. The van der Waals surface area contributed by atoms with E-state index < -0.39 is 74.6 Å². The number of hydrogen-bond donors (Lipinski definition) is 8. The van der Waals surface area contributed by atoms with Gasteiger partial charge < -0.3 is 64.5 Å². The lowest BCUT2D eigenvalue weighted by Crippen LogP contribution is -2.60. The first-order valence-corrected chi connectivity index (χ1v) is 12.9. The molecule has 2 aromatic carbocycles. The van der Waals surface area contributed by atoms with E-state index in [0.717, 1.165) is 22.3 Å². The maximum absolute atomic E-state index is 10.3. The first kappa shape index (κ1) is 29.0. The fourth-order valence-electron chi connectivity index (χ4n) is 5.34. The second-order valence-electron chi connectivity index (χ2n) is 10.1. The highest BCUT2D eigenvalue weighted by molar-refractivity contribution is 5.80. The maximum atomic E-state index is 10.3. The maximum Gasteiger partial charge on any atom is 0.229 e. The van der Waals surface area contributed by atoms with Crippen molar-refractivity contribution in [3.05, 3.63) is 41.5 Å². The number of fused-ring (bicyclic) bond motifs is 3. The molecule has 0 aromatic heterocycles. The molecule has 220 valence electrons. The van der Waals surface area contributed by atoms with Crippen LogP contribution in [0.3, 0.4) is 0 Å². The summed E-state index contributed by atoms with van der Waals surface area (Å²) < 4.78 is 28.1. The highest BCUT2D eigenvalue weighted by Gasteiger charge is 2.46. The van der Waals surface area contributed by atoms with E-state index >= 15 is 0 Å². The van der Waals surface area contributed by atoms with Crippen molar-refractivity contribution in [2.75, 3.05) is 20.3 Å². The number of rotatable bonds is 7. The van der Waals surface area contributed by atoms with Gasteiger partial charge in [0.1, 0.15) is 66.1 Å². The van der Waals surface area contributed by atoms with Gasteiger partial charge in [0, 0.05) is 11.6 Å². The number of aliphatic hydroxyl groups excluding tert-OH is 8. The Bertz CT molecular complexity index is 1170. The Morgan fingerprint density at radius 1 is 0.675 bits per heavy atom. The number of methoxy groups -OCH3 is 1. The number of benzene rings is 2. The third-order valence-electron chi connectivity index (χ3n) is 7.59. The van der Waals surface area contributed by atoms with Gasteiger partial charge in [-0.15, -0.1) is 0 Å². The monoisotopic (exact) mass is 566 g/mol. The lowest BCUT2D eigenvalue weighted by atomic mass is 9.84. The van der Waals surface area contributed by atoms with E-state index in [0.29, 0.717) is 30.1 Å². The van der Waals surface area contributed by atoms with E-state index in [1.165, 1.54) is 7.11 Å². The fourth-order valence-corrected chi connectivity index (χ4v) is 5.34. The van der Waals surface area contributed by atoms with E-state index in [-0.39, 0.29) is 0 Å². The minimum Gasteiger partial charge on any atom is -0.496 e. The number of aryl methyl sites for hydroxylation is 2. The van der Waals surface area contributed by atoms with Gasteiger partial charge in [-0.3, -0.25) is 0 Å². The molecule has 3 aliphatic rings. The summed E-state index contributed by atoms with van der Waals surface area (Å²) in [6.07, 6.45) is -12.8. The van der Waals surface area contributed by atoms with Crippen LogP contribution < -0.4 is 14.2 Å². The summed E-state index contributed by atoms with van der Waals surface area (Å²) in [7, 11) is 1.50. The minimum atomic E-state index is -1.57. The minimum absolute atomic E-state index is 0.297. The molecule has 1 aliphatic carbocycles. The van der Waals surface area contributed by atoms with E-state index in [2.05, 4.69) is 0 Å². The van der Waals surface area contributed by atoms with Crippen molar-refractivity contribution in [2.24, 2.45) is 0 Å². The van der Waals surface area contributed by atoms with Gasteiger partial charge in [-0.2, -0.15) is 0 Å². The molecule has 13 heteroatoms. The molecule has 0 bridgehead atoms. The Morgan fingerprint density at radius 2 is 1.20 bits per heavy atom. The van der Waals surface area contributed by atoms with Crippen LogP contribution in [0.15, 0.2) is 30.3 Å². The highest BCUT2D eigenvalue weighted by atomic mass is 16.7. The van der Waals surface area contributed by atoms with Gasteiger partial charge in [0.05, 0.1) is 20.3 Å². The Hall–Kier alpha value is -2.56. The molecule has 40 heavy (non-hydrogen) atoms. The summed E-state index contributed by atoms with van der Waals surface area (Å²) in [5.74, 6) is 1.12. The van der Waals surface area contributed by atoms with Crippen LogP contribution >= 0.6 is 0 Å². The van der Waals surface area contributed by atoms with Crippen LogP contribution in [-0.2, 0) is 22.3 Å². The van der Waals surface area contributed by atoms with Gasteiger partial charge in [0.25, 0.3) is 0 Å². The smallest absolute Gasteiger partial charge is 0.229 e. The summed E-state index contributed by atoms with van der Waals surface area (Å²) in [6.45, 7) is -1.13. The Balaban J connectivity index is 1.37. The lowest BCUT2D eigenvalue weighted by molar-refractivity contribution is -0.277. The zero-order valence-electron chi connectivity index (χ0n) is 21.6. The van der Waals surface area contributed by atoms with Crippen molar-refractivity contribution in [1.82, 2.24) is 0 Å². The van der Waals surface area contributed by atoms with Gasteiger partial charge in [0.2, 0.25) is 12.6 Å². The Morgan fingerprint density at radius 3 is 1.75 bits per heavy atom. The number of aliphatic hydroxyl groups is 8. The molecule has 2 aliphatic heterocycles. The van der Waals surface area contributed by atoms with Crippen LogP contribution in [0.1, 0.15) is 11.1 Å². The third-order valence-corrected chi connectivity index (χ3v) is 7.59. The normalized spacial score (nSPS) is 35.4. The van der Waals surface area contributed by atoms with Crippen LogP contribution in [0.4, 0.5) is 0 Å². The van der Waals surface area contributed by atoms with Crippen molar-refractivity contribution in [2.45, 2.75) is 74.3 Å². The van der Waals surface area contributed by atoms with Gasteiger partial charge >= 0.3 is 0 Å². The number of hydrogen-bond acceptors (Lipinski definition) is 13. The average Bonchev–Trinajstić information content (AvgIpc) is 2.96. The van der Waals surface area contributed by atoms with Crippen LogP contribution in [0.5, 0.6) is 17.2 Å². The summed E-state index contributed by atoms with van der Waals surface area (Å²) in [4.78, 5) is 0. The van der Waals surface area contributed by atoms with E-state index in [1.807, 2.05) is 6.07 Å². The van der Waals surface area contributed by atoms with Crippen molar-refractivity contribution in [3.8, 4) is 28.4 Å². The molecule has 8 N–H and O–H groups in total. The van der Waals surface area contributed by atoms with Crippen LogP contribution in [0.2, 0.25) is 0 Å². The van der Waals surface area contributed by atoms with Crippen LogP contribution in [-0.4, -0.2) is 123 Å². The van der Waals surface area contributed by atoms with E-state index in [9.17, 15) is 40.9 Å². The van der Waals surface area contributed by atoms with Crippen LogP contribution in [0.25, 0.3) is 11.1 Å². The molecule has 2 fully saturated rings. The molecular weight excluding hydrogens is 532 g/mol. The van der Waals surface area contributed by atoms with Crippen LogP contribution in [0, 0.1) is 0 Å². The first-order valence-electron chi connectivity index (χ1n) is 12.9. The second kappa shape index (κ2) is 11.7. The Labute approximate surface area is 229 Å². The largest absolute Gasteiger partial charge is 0.496 e. The average molecular weight is 567 g/mol. The van der Waals surface area contributed by atoms with Crippen molar-refractivity contribution < 1.29 is 64.5 Å². The second-order valence-corrected chi connectivity index (χ2v) is 10.1.